The van der Waals surface area contributed by atoms with Crippen LogP contribution in [0.5, 0.6) is 0 Å². The molecular formula is C16H32N2O. The molecule has 1 fully saturated rings. The quantitative estimate of drug-likeness (QED) is 0.745. The van der Waals surface area contributed by atoms with Crippen LogP contribution in [-0.2, 0) is 4.79 Å². The summed E-state index contributed by atoms with van der Waals surface area (Å²) < 4.78 is 0. The molecule has 0 radical (unpaired) electrons. The number of carbonyl (C=O) groups excluding carboxylic acids is 1. The minimum atomic E-state index is 0.234. The van der Waals surface area contributed by atoms with E-state index in [9.17, 15) is 4.79 Å². The van der Waals surface area contributed by atoms with Crippen molar-refractivity contribution < 1.29 is 4.79 Å². The molecule has 3 N–H and O–H groups in total. The van der Waals surface area contributed by atoms with Crippen molar-refractivity contribution >= 4 is 5.91 Å². The molecule has 112 valence electrons. The van der Waals surface area contributed by atoms with Crippen molar-refractivity contribution in [3.63, 3.8) is 0 Å². The molecule has 0 aromatic heterocycles. The molecule has 1 aliphatic rings. The van der Waals surface area contributed by atoms with Gasteiger partial charge in [0.15, 0.2) is 0 Å². The Morgan fingerprint density at radius 2 is 1.79 bits per heavy atom. The first-order valence-electron chi connectivity index (χ1n) is 8.02. The lowest BCUT2D eigenvalue weighted by Gasteiger charge is -2.26. The molecule has 3 nitrogen and oxygen atoms in total. The zero-order valence-electron chi connectivity index (χ0n) is 13.0. The second-order valence-corrected chi connectivity index (χ2v) is 6.78. The molecule has 1 atom stereocenters. The van der Waals surface area contributed by atoms with E-state index in [1.54, 1.807) is 0 Å². The lowest BCUT2D eigenvalue weighted by Crippen LogP contribution is -2.35. The van der Waals surface area contributed by atoms with E-state index in [0.29, 0.717) is 24.4 Å². The molecule has 1 saturated carbocycles. The maximum absolute atomic E-state index is 12.0. The maximum Gasteiger partial charge on any atom is 0.220 e. The van der Waals surface area contributed by atoms with Crippen molar-refractivity contribution in [3.05, 3.63) is 0 Å². The van der Waals surface area contributed by atoms with Crippen LogP contribution >= 0.6 is 0 Å². The molecule has 1 unspecified atom stereocenters. The third-order valence-corrected chi connectivity index (χ3v) is 4.19. The van der Waals surface area contributed by atoms with E-state index in [0.717, 1.165) is 38.0 Å². The smallest absolute Gasteiger partial charge is 0.220 e. The van der Waals surface area contributed by atoms with Gasteiger partial charge in [-0.15, -0.1) is 0 Å². The molecule has 0 bridgehead atoms. The van der Waals surface area contributed by atoms with Crippen molar-refractivity contribution in [2.45, 2.75) is 84.2 Å². The van der Waals surface area contributed by atoms with E-state index >= 15 is 0 Å². The summed E-state index contributed by atoms with van der Waals surface area (Å²) in [6.07, 6.45) is 8.66. The first-order valence-corrected chi connectivity index (χ1v) is 8.02. The van der Waals surface area contributed by atoms with Crippen LogP contribution in [0.4, 0.5) is 0 Å². The molecule has 0 aromatic rings. The topological polar surface area (TPSA) is 55.1 Å². The highest BCUT2D eigenvalue weighted by Gasteiger charge is 2.21. The monoisotopic (exact) mass is 268 g/mol. The van der Waals surface area contributed by atoms with Crippen LogP contribution in [0.2, 0.25) is 0 Å². The molecule has 0 aromatic carbocycles. The summed E-state index contributed by atoms with van der Waals surface area (Å²) in [5, 5.41) is 3.14. The van der Waals surface area contributed by atoms with Gasteiger partial charge in [0.05, 0.1) is 0 Å². The van der Waals surface area contributed by atoms with Crippen molar-refractivity contribution in [3.8, 4) is 0 Å². The zero-order chi connectivity index (χ0) is 14.3. The molecule has 1 amide bonds. The zero-order valence-corrected chi connectivity index (χ0v) is 13.0. The van der Waals surface area contributed by atoms with Crippen LogP contribution in [0.15, 0.2) is 0 Å². The summed E-state index contributed by atoms with van der Waals surface area (Å²) in [6.45, 7) is 6.61. The minimum Gasteiger partial charge on any atom is -0.354 e. The average molecular weight is 268 g/mol. The summed E-state index contributed by atoms with van der Waals surface area (Å²) in [4.78, 5) is 12.0. The first-order chi connectivity index (χ1) is 8.97. The van der Waals surface area contributed by atoms with Gasteiger partial charge < -0.3 is 11.1 Å². The number of rotatable bonds is 7. The number of hydrogen-bond donors (Lipinski definition) is 2. The Morgan fingerprint density at radius 1 is 1.16 bits per heavy atom. The van der Waals surface area contributed by atoms with Crippen LogP contribution in [0.1, 0.15) is 72.1 Å². The van der Waals surface area contributed by atoms with Crippen LogP contribution in [0.3, 0.4) is 0 Å². The fraction of sp³-hybridized carbons (Fsp3) is 0.938. The van der Waals surface area contributed by atoms with Gasteiger partial charge in [-0.1, -0.05) is 26.7 Å². The highest BCUT2D eigenvalue weighted by Crippen LogP contribution is 2.25. The highest BCUT2D eigenvalue weighted by molar-refractivity contribution is 5.76. The molecule has 0 heterocycles. The van der Waals surface area contributed by atoms with E-state index in [2.05, 4.69) is 26.1 Å². The van der Waals surface area contributed by atoms with Gasteiger partial charge in [-0.05, 0) is 50.9 Å². The minimum absolute atomic E-state index is 0.234. The Balaban J connectivity index is 2.12. The first kappa shape index (κ1) is 16.5. The Kier molecular flexibility index (Phi) is 7.44. The standard InChI is InChI=1S/C16H32N2O/c1-12(2)5-4-6-13(3)18-16(19)11-14-7-9-15(17)10-8-14/h12-15H,4-11,17H2,1-3H3,(H,18,19). The third kappa shape index (κ3) is 7.56. The molecule has 3 heteroatoms. The van der Waals surface area contributed by atoms with E-state index < -0.39 is 0 Å². The summed E-state index contributed by atoms with van der Waals surface area (Å²) in [6, 6.07) is 0.686. The summed E-state index contributed by atoms with van der Waals surface area (Å²) in [5.74, 6) is 1.55. The van der Waals surface area contributed by atoms with Crippen LogP contribution in [0.25, 0.3) is 0 Å². The largest absolute Gasteiger partial charge is 0.354 e. The van der Waals surface area contributed by atoms with Gasteiger partial charge in [0.25, 0.3) is 0 Å². The lowest BCUT2D eigenvalue weighted by molar-refractivity contribution is -0.122. The van der Waals surface area contributed by atoms with Crippen molar-refractivity contribution in [1.29, 1.82) is 0 Å². The van der Waals surface area contributed by atoms with Gasteiger partial charge in [-0.2, -0.15) is 0 Å². The predicted octanol–water partition coefficient (Wildman–Crippen LogP) is 3.23. The van der Waals surface area contributed by atoms with E-state index in [-0.39, 0.29) is 5.91 Å². The van der Waals surface area contributed by atoms with E-state index in [1.165, 1.54) is 12.8 Å². The predicted molar refractivity (Wildman–Crippen MR) is 80.8 cm³/mol. The Bertz CT molecular complexity index is 257. The third-order valence-electron chi connectivity index (χ3n) is 4.19. The molecule has 0 aliphatic heterocycles. The van der Waals surface area contributed by atoms with Crippen molar-refractivity contribution in [2.75, 3.05) is 0 Å². The van der Waals surface area contributed by atoms with Gasteiger partial charge in [0.2, 0.25) is 5.91 Å². The lowest BCUT2D eigenvalue weighted by atomic mass is 9.84. The number of amides is 1. The van der Waals surface area contributed by atoms with E-state index in [1.807, 2.05) is 0 Å². The highest BCUT2D eigenvalue weighted by atomic mass is 16.1. The molecule has 1 rings (SSSR count). The number of hydrogen-bond acceptors (Lipinski definition) is 2. The molecular weight excluding hydrogens is 236 g/mol. The van der Waals surface area contributed by atoms with Gasteiger partial charge in [-0.25, -0.2) is 0 Å². The fourth-order valence-corrected chi connectivity index (χ4v) is 2.89. The molecule has 1 aliphatic carbocycles. The maximum atomic E-state index is 12.0. The Labute approximate surface area is 118 Å². The van der Waals surface area contributed by atoms with E-state index in [4.69, 9.17) is 5.73 Å². The van der Waals surface area contributed by atoms with Gasteiger partial charge in [0, 0.05) is 18.5 Å². The normalized spacial score (nSPS) is 25.3. The second-order valence-electron chi connectivity index (χ2n) is 6.78. The van der Waals surface area contributed by atoms with Gasteiger partial charge >= 0.3 is 0 Å². The Morgan fingerprint density at radius 3 is 2.37 bits per heavy atom. The van der Waals surface area contributed by atoms with Crippen LogP contribution in [0, 0.1) is 11.8 Å². The fourth-order valence-electron chi connectivity index (χ4n) is 2.89. The SMILES string of the molecule is CC(C)CCCC(C)NC(=O)CC1CCC(N)CC1. The molecule has 0 spiro atoms. The summed E-state index contributed by atoms with van der Waals surface area (Å²) >= 11 is 0. The van der Waals surface area contributed by atoms with Gasteiger partial charge in [-0.3, -0.25) is 4.79 Å². The van der Waals surface area contributed by atoms with Crippen LogP contribution < -0.4 is 11.1 Å². The summed E-state index contributed by atoms with van der Waals surface area (Å²) in [5.41, 5.74) is 5.89. The molecule has 0 saturated heterocycles. The molecule has 19 heavy (non-hydrogen) atoms. The number of nitrogens with one attached hydrogen (secondary N) is 1. The van der Waals surface area contributed by atoms with Crippen LogP contribution in [-0.4, -0.2) is 18.0 Å². The second kappa shape index (κ2) is 8.57. The van der Waals surface area contributed by atoms with Gasteiger partial charge in [0.1, 0.15) is 0 Å². The average Bonchev–Trinajstić information content (AvgIpc) is 2.31. The number of nitrogens with two attached hydrogens (primary N) is 1. The summed E-state index contributed by atoms with van der Waals surface area (Å²) in [7, 11) is 0. The Hall–Kier alpha value is -0.570. The van der Waals surface area contributed by atoms with Crippen molar-refractivity contribution in [1.82, 2.24) is 5.32 Å². The number of carbonyl (C=O) groups is 1. The van der Waals surface area contributed by atoms with Crippen molar-refractivity contribution in [2.24, 2.45) is 17.6 Å².